The fraction of sp³-hybridized carbons (Fsp3) is 0.143. The summed E-state index contributed by atoms with van der Waals surface area (Å²) in [5, 5.41) is 1.72. The van der Waals surface area contributed by atoms with Crippen LogP contribution in [0.25, 0.3) is 0 Å². The topological polar surface area (TPSA) is 42.0 Å². The van der Waals surface area contributed by atoms with Crippen LogP contribution in [0.4, 0.5) is 4.39 Å². The third-order valence-electron chi connectivity index (χ3n) is 1.08. The van der Waals surface area contributed by atoms with Gasteiger partial charge in [0.2, 0.25) is 0 Å². The van der Waals surface area contributed by atoms with Crippen LogP contribution < -0.4 is 5.32 Å². The maximum absolute atomic E-state index is 12.6. The number of nitrogens with zero attached hydrogens (tertiary/aromatic N) is 1. The van der Waals surface area contributed by atoms with E-state index in [2.05, 4.69) is 4.98 Å². The average Bonchev–Trinajstić information content (AvgIpc) is 2.01. The normalized spacial score (nSPS) is 14.5. The van der Waals surface area contributed by atoms with E-state index in [-0.39, 0.29) is 5.56 Å². The third kappa shape index (κ3) is 1.73. The van der Waals surface area contributed by atoms with Crippen LogP contribution in [0.1, 0.15) is 14.5 Å². The molecule has 0 fully saturated rings. The van der Waals surface area contributed by atoms with Gasteiger partial charge in [0.05, 0.1) is 11.8 Å². The van der Waals surface area contributed by atoms with Crippen LogP contribution >= 0.6 is 0 Å². The number of amides is 1. The van der Waals surface area contributed by atoms with E-state index in [9.17, 15) is 9.18 Å². The molecule has 0 bridgehead atoms. The first-order valence-electron chi connectivity index (χ1n) is 4.31. The van der Waals surface area contributed by atoms with Crippen molar-refractivity contribution >= 4 is 5.91 Å². The van der Waals surface area contributed by atoms with E-state index in [4.69, 9.17) is 4.11 Å². The van der Waals surface area contributed by atoms with Gasteiger partial charge in [-0.3, -0.25) is 9.78 Å². The van der Waals surface area contributed by atoms with Crippen molar-refractivity contribution in [2.75, 3.05) is 6.98 Å². The van der Waals surface area contributed by atoms with E-state index in [1.807, 2.05) is 0 Å². The first kappa shape index (κ1) is 4.43. The fourth-order valence-corrected chi connectivity index (χ4v) is 0.608. The summed E-state index contributed by atoms with van der Waals surface area (Å²) in [6, 6.07) is 0.911. The van der Waals surface area contributed by atoms with Gasteiger partial charge in [0, 0.05) is 17.3 Å². The molecule has 0 aromatic carbocycles. The van der Waals surface area contributed by atoms with Gasteiger partial charge in [0.15, 0.2) is 0 Å². The molecule has 0 aliphatic carbocycles. The zero-order chi connectivity index (χ0) is 10.8. The van der Waals surface area contributed by atoms with Gasteiger partial charge in [0.1, 0.15) is 5.82 Å². The van der Waals surface area contributed by atoms with Gasteiger partial charge < -0.3 is 5.32 Å². The molecule has 1 N–H and O–H groups in total. The molecule has 1 heterocycles. The molecular weight excluding hydrogens is 147 g/mol. The molecule has 11 heavy (non-hydrogen) atoms. The molecule has 1 aromatic heterocycles. The number of pyridine rings is 1. The van der Waals surface area contributed by atoms with Crippen LogP contribution in [0, 0.1) is 5.82 Å². The summed E-state index contributed by atoms with van der Waals surface area (Å²) in [6.45, 7) is -2.58. The van der Waals surface area contributed by atoms with E-state index in [0.29, 0.717) is 0 Å². The molecule has 3 nitrogen and oxygen atoms in total. The molecule has 0 saturated carbocycles. The molecule has 4 heteroatoms. The quantitative estimate of drug-likeness (QED) is 0.648. The van der Waals surface area contributed by atoms with Crippen LogP contribution in [0.15, 0.2) is 18.5 Å². The third-order valence-corrected chi connectivity index (χ3v) is 1.08. The molecule has 0 unspecified atom stereocenters. The summed E-state index contributed by atoms with van der Waals surface area (Å²) in [4.78, 5) is 14.6. The van der Waals surface area contributed by atoms with E-state index in [1.54, 1.807) is 5.32 Å². The lowest BCUT2D eigenvalue weighted by molar-refractivity contribution is 0.0962. The maximum atomic E-state index is 12.6. The summed E-state index contributed by atoms with van der Waals surface area (Å²) < 4.78 is 32.8. The largest absolute Gasteiger partial charge is 0.355 e. The Balaban J connectivity index is 2.80. The predicted molar refractivity (Wildman–Crippen MR) is 37.6 cm³/mol. The summed E-state index contributed by atoms with van der Waals surface area (Å²) in [7, 11) is 0. The minimum atomic E-state index is -2.58. The summed E-state index contributed by atoms with van der Waals surface area (Å²) >= 11 is 0. The molecule has 0 spiro atoms. The van der Waals surface area contributed by atoms with E-state index < -0.39 is 18.7 Å². The van der Waals surface area contributed by atoms with Crippen molar-refractivity contribution in [3.63, 3.8) is 0 Å². The lowest BCUT2D eigenvalue weighted by Gasteiger charge is -1.96. The Bertz CT molecular complexity index is 353. The van der Waals surface area contributed by atoms with E-state index in [1.165, 1.54) is 0 Å². The average molecular weight is 157 g/mol. The Hall–Kier alpha value is -1.45. The minimum absolute atomic E-state index is 0.124. The number of nitrogens with one attached hydrogen (secondary N) is 1. The monoisotopic (exact) mass is 157 g/mol. The van der Waals surface area contributed by atoms with Crippen molar-refractivity contribution < 1.29 is 13.3 Å². The SMILES string of the molecule is [2H]C([2H])([2H])NC(=O)c1cncc(F)c1. The fourth-order valence-electron chi connectivity index (χ4n) is 0.608. The molecule has 0 saturated heterocycles. The van der Waals surface area contributed by atoms with Gasteiger partial charge in [-0.05, 0) is 6.07 Å². The van der Waals surface area contributed by atoms with Crippen molar-refractivity contribution in [3.8, 4) is 0 Å². The number of hydrogen-bond acceptors (Lipinski definition) is 2. The zero-order valence-corrected chi connectivity index (χ0v) is 5.47. The molecule has 1 amide bonds. The molecule has 1 aromatic rings. The van der Waals surface area contributed by atoms with Crippen molar-refractivity contribution in [2.24, 2.45) is 0 Å². The number of rotatable bonds is 1. The smallest absolute Gasteiger partial charge is 0.252 e. The summed E-state index contributed by atoms with van der Waals surface area (Å²) in [5.74, 6) is -1.57. The van der Waals surface area contributed by atoms with E-state index >= 15 is 0 Å². The first-order valence-corrected chi connectivity index (χ1v) is 2.81. The maximum Gasteiger partial charge on any atom is 0.252 e. The minimum Gasteiger partial charge on any atom is -0.355 e. The Kier molecular flexibility index (Phi) is 1.25. The second kappa shape index (κ2) is 3.09. The first-order chi connectivity index (χ1) is 6.38. The van der Waals surface area contributed by atoms with Gasteiger partial charge in [-0.25, -0.2) is 4.39 Å². The van der Waals surface area contributed by atoms with Crippen molar-refractivity contribution in [1.29, 1.82) is 0 Å². The second-order valence-corrected chi connectivity index (χ2v) is 1.85. The highest BCUT2D eigenvalue weighted by Crippen LogP contribution is 1.99. The van der Waals surface area contributed by atoms with Gasteiger partial charge in [0.25, 0.3) is 5.91 Å². The Morgan fingerprint density at radius 2 is 2.64 bits per heavy atom. The molecule has 0 aliphatic heterocycles. The van der Waals surface area contributed by atoms with Crippen LogP contribution in [0.5, 0.6) is 0 Å². The molecule has 58 valence electrons. The lowest BCUT2D eigenvalue weighted by Crippen LogP contribution is -2.17. The number of halogens is 1. The highest BCUT2D eigenvalue weighted by atomic mass is 19.1. The standard InChI is InChI=1S/C7H7FN2O/c1-9-7(11)5-2-6(8)4-10-3-5/h2-4H,1H3,(H,9,11)/i1D3. The van der Waals surface area contributed by atoms with Gasteiger partial charge in [-0.1, -0.05) is 0 Å². The van der Waals surface area contributed by atoms with Crippen LogP contribution in [-0.2, 0) is 0 Å². The number of hydrogen-bond donors (Lipinski definition) is 1. The Labute approximate surface area is 67.5 Å². The molecule has 0 aliphatic rings. The highest BCUT2D eigenvalue weighted by Gasteiger charge is 2.02. The van der Waals surface area contributed by atoms with Crippen molar-refractivity contribution in [1.82, 2.24) is 10.3 Å². The highest BCUT2D eigenvalue weighted by molar-refractivity contribution is 5.93. The Morgan fingerprint density at radius 1 is 1.82 bits per heavy atom. The second-order valence-electron chi connectivity index (χ2n) is 1.85. The predicted octanol–water partition coefficient (Wildman–Crippen LogP) is 0.580. The van der Waals surface area contributed by atoms with Gasteiger partial charge in [-0.15, -0.1) is 0 Å². The lowest BCUT2D eigenvalue weighted by atomic mass is 10.3. The number of carbonyl (C=O) groups excluding carboxylic acids is 1. The van der Waals surface area contributed by atoms with Gasteiger partial charge in [-0.2, -0.15) is 0 Å². The van der Waals surface area contributed by atoms with Crippen LogP contribution in [-0.4, -0.2) is 17.9 Å². The molecular formula is C7H7FN2O. The number of carbonyl (C=O) groups is 1. The summed E-state index contributed by atoms with van der Waals surface area (Å²) in [6.07, 6.45) is 2.01. The Morgan fingerprint density at radius 3 is 3.27 bits per heavy atom. The molecule has 0 radical (unpaired) electrons. The zero-order valence-electron chi connectivity index (χ0n) is 8.47. The van der Waals surface area contributed by atoms with Gasteiger partial charge >= 0.3 is 0 Å². The van der Waals surface area contributed by atoms with Crippen LogP contribution in [0.3, 0.4) is 0 Å². The van der Waals surface area contributed by atoms with Crippen molar-refractivity contribution in [2.45, 2.75) is 0 Å². The van der Waals surface area contributed by atoms with Crippen LogP contribution in [0.2, 0.25) is 0 Å². The number of aromatic nitrogens is 1. The van der Waals surface area contributed by atoms with E-state index in [0.717, 1.165) is 18.5 Å². The van der Waals surface area contributed by atoms with Crippen molar-refractivity contribution in [3.05, 3.63) is 29.8 Å². The molecule has 0 atom stereocenters. The summed E-state index contributed by atoms with van der Waals surface area (Å²) in [5.41, 5.74) is -0.124. The molecule has 1 rings (SSSR count).